The fourth-order valence-corrected chi connectivity index (χ4v) is 3.88. The van der Waals surface area contributed by atoms with Gasteiger partial charge in [0.05, 0.1) is 6.04 Å². The SMILES string of the molecule is Cc1[nH]c(=O)c(C#N)c(C)c1CCC(=O)N1CCC[C@H]1c1ccccc1. The highest BCUT2D eigenvalue weighted by Crippen LogP contribution is 2.32. The largest absolute Gasteiger partial charge is 0.336 e. The van der Waals surface area contributed by atoms with Gasteiger partial charge < -0.3 is 9.88 Å². The van der Waals surface area contributed by atoms with Gasteiger partial charge in [0.2, 0.25) is 5.91 Å². The number of rotatable bonds is 4. The highest BCUT2D eigenvalue weighted by Gasteiger charge is 2.29. The number of amides is 1. The molecule has 1 aliphatic heterocycles. The van der Waals surface area contributed by atoms with Crippen molar-refractivity contribution >= 4 is 5.91 Å². The number of benzene rings is 1. The molecule has 5 nitrogen and oxygen atoms in total. The molecule has 0 spiro atoms. The summed E-state index contributed by atoms with van der Waals surface area (Å²) in [7, 11) is 0. The Hall–Kier alpha value is -2.87. The summed E-state index contributed by atoms with van der Waals surface area (Å²) in [4.78, 5) is 29.4. The van der Waals surface area contributed by atoms with Crippen LogP contribution in [0.15, 0.2) is 35.1 Å². The van der Waals surface area contributed by atoms with Crippen LogP contribution in [0.25, 0.3) is 0 Å². The number of H-pyrrole nitrogens is 1. The minimum Gasteiger partial charge on any atom is -0.336 e. The molecule has 1 amide bonds. The zero-order valence-corrected chi connectivity index (χ0v) is 15.2. The molecule has 1 aliphatic rings. The van der Waals surface area contributed by atoms with E-state index in [-0.39, 0.29) is 23.1 Å². The normalized spacial score (nSPS) is 16.5. The third kappa shape index (κ3) is 3.41. The number of carbonyl (C=O) groups is 1. The standard InChI is InChI=1S/C21H23N3O2/c1-14-17(15(2)23-21(26)18(14)13-22)10-11-20(25)24-12-6-9-19(24)16-7-4-3-5-8-16/h3-5,7-8,19H,6,9-12H2,1-2H3,(H,23,26)/t19-/m0/s1. The summed E-state index contributed by atoms with van der Waals surface area (Å²) in [6, 6.07) is 12.3. The molecule has 0 aliphatic carbocycles. The van der Waals surface area contributed by atoms with Gasteiger partial charge in [0.15, 0.2) is 0 Å². The summed E-state index contributed by atoms with van der Waals surface area (Å²) in [5.74, 6) is 0.125. The second kappa shape index (κ2) is 7.57. The first-order valence-electron chi connectivity index (χ1n) is 8.99. The number of likely N-dealkylation sites (tertiary alicyclic amines) is 1. The molecule has 0 saturated carbocycles. The van der Waals surface area contributed by atoms with Crippen LogP contribution in [-0.4, -0.2) is 22.3 Å². The van der Waals surface area contributed by atoms with Crippen molar-refractivity contribution in [3.8, 4) is 6.07 Å². The summed E-state index contributed by atoms with van der Waals surface area (Å²) in [5, 5.41) is 9.18. The fourth-order valence-electron chi connectivity index (χ4n) is 3.88. The Balaban J connectivity index is 1.75. The van der Waals surface area contributed by atoms with E-state index < -0.39 is 0 Å². The van der Waals surface area contributed by atoms with Gasteiger partial charge in [0, 0.05) is 18.7 Å². The van der Waals surface area contributed by atoms with Crippen molar-refractivity contribution in [3.63, 3.8) is 0 Å². The lowest BCUT2D eigenvalue weighted by Crippen LogP contribution is -2.31. The maximum absolute atomic E-state index is 12.8. The molecule has 1 fully saturated rings. The average Bonchev–Trinajstić information content (AvgIpc) is 3.12. The monoisotopic (exact) mass is 349 g/mol. The number of nitrogens with zero attached hydrogens (tertiary/aromatic N) is 2. The molecule has 134 valence electrons. The van der Waals surface area contributed by atoms with Gasteiger partial charge in [-0.15, -0.1) is 0 Å². The Bertz CT molecular complexity index is 909. The topological polar surface area (TPSA) is 77.0 Å². The van der Waals surface area contributed by atoms with Crippen molar-refractivity contribution in [3.05, 3.63) is 68.6 Å². The molecule has 3 rings (SSSR count). The first-order valence-corrected chi connectivity index (χ1v) is 8.99. The van der Waals surface area contributed by atoms with Gasteiger partial charge in [-0.25, -0.2) is 0 Å². The van der Waals surface area contributed by atoms with Crippen LogP contribution >= 0.6 is 0 Å². The maximum Gasteiger partial charge on any atom is 0.266 e. The summed E-state index contributed by atoms with van der Waals surface area (Å²) in [6.07, 6.45) is 2.91. The number of aromatic amines is 1. The van der Waals surface area contributed by atoms with Gasteiger partial charge in [-0.1, -0.05) is 30.3 Å². The van der Waals surface area contributed by atoms with Gasteiger partial charge in [0.1, 0.15) is 11.6 Å². The highest BCUT2D eigenvalue weighted by atomic mass is 16.2. The summed E-state index contributed by atoms with van der Waals surface area (Å²) < 4.78 is 0. The van der Waals surface area contributed by atoms with E-state index in [0.29, 0.717) is 18.4 Å². The van der Waals surface area contributed by atoms with Crippen molar-refractivity contribution in [1.29, 1.82) is 5.26 Å². The Morgan fingerprint density at radius 1 is 1.31 bits per heavy atom. The Kier molecular flexibility index (Phi) is 5.22. The second-order valence-corrected chi connectivity index (χ2v) is 6.83. The molecule has 0 bridgehead atoms. The van der Waals surface area contributed by atoms with Gasteiger partial charge in [-0.05, 0) is 49.8 Å². The molecule has 0 unspecified atom stereocenters. The predicted octanol–water partition coefficient (Wildman–Crippen LogP) is 3.16. The first-order chi connectivity index (χ1) is 12.5. The lowest BCUT2D eigenvalue weighted by molar-refractivity contribution is -0.132. The van der Waals surface area contributed by atoms with E-state index in [2.05, 4.69) is 17.1 Å². The number of nitrogens with one attached hydrogen (secondary N) is 1. The quantitative estimate of drug-likeness (QED) is 0.921. The van der Waals surface area contributed by atoms with E-state index in [1.54, 1.807) is 6.92 Å². The van der Waals surface area contributed by atoms with Crippen molar-refractivity contribution in [1.82, 2.24) is 9.88 Å². The molecule has 0 radical (unpaired) electrons. The van der Waals surface area contributed by atoms with Gasteiger partial charge in [-0.3, -0.25) is 9.59 Å². The molecule has 1 aromatic carbocycles. The molecule has 2 aromatic rings. The second-order valence-electron chi connectivity index (χ2n) is 6.83. The van der Waals surface area contributed by atoms with Crippen LogP contribution in [0.2, 0.25) is 0 Å². The maximum atomic E-state index is 12.8. The third-order valence-electron chi connectivity index (χ3n) is 5.27. The van der Waals surface area contributed by atoms with E-state index in [4.69, 9.17) is 0 Å². The minimum atomic E-state index is -0.360. The van der Waals surface area contributed by atoms with Crippen LogP contribution in [0.1, 0.15) is 53.3 Å². The van der Waals surface area contributed by atoms with Crippen molar-refractivity contribution in [2.45, 2.75) is 45.6 Å². The molecular formula is C21H23N3O2. The summed E-state index contributed by atoms with van der Waals surface area (Å²) in [6.45, 7) is 4.38. The lowest BCUT2D eigenvalue weighted by Gasteiger charge is -2.25. The van der Waals surface area contributed by atoms with Crippen LogP contribution < -0.4 is 5.56 Å². The van der Waals surface area contributed by atoms with E-state index in [1.165, 1.54) is 5.56 Å². The third-order valence-corrected chi connectivity index (χ3v) is 5.27. The minimum absolute atomic E-state index is 0.125. The Labute approximate surface area is 153 Å². The van der Waals surface area contributed by atoms with Gasteiger partial charge >= 0.3 is 0 Å². The van der Waals surface area contributed by atoms with E-state index in [1.807, 2.05) is 36.1 Å². The number of hydrogen-bond acceptors (Lipinski definition) is 3. The Morgan fingerprint density at radius 2 is 2.04 bits per heavy atom. The smallest absolute Gasteiger partial charge is 0.266 e. The van der Waals surface area contributed by atoms with Crippen LogP contribution in [0.3, 0.4) is 0 Å². The summed E-state index contributed by atoms with van der Waals surface area (Å²) >= 11 is 0. The number of aryl methyl sites for hydroxylation is 1. The van der Waals surface area contributed by atoms with E-state index in [0.717, 1.165) is 30.6 Å². The van der Waals surface area contributed by atoms with Crippen molar-refractivity contribution in [2.75, 3.05) is 6.54 Å². The van der Waals surface area contributed by atoms with Gasteiger partial charge in [-0.2, -0.15) is 5.26 Å². The molecule has 26 heavy (non-hydrogen) atoms. The number of carbonyl (C=O) groups excluding carboxylic acids is 1. The van der Waals surface area contributed by atoms with Crippen LogP contribution in [0.4, 0.5) is 0 Å². The molecule has 1 saturated heterocycles. The summed E-state index contributed by atoms with van der Waals surface area (Å²) in [5.41, 5.74) is 3.28. The predicted molar refractivity (Wildman–Crippen MR) is 99.7 cm³/mol. The Morgan fingerprint density at radius 3 is 2.73 bits per heavy atom. The number of nitriles is 1. The highest BCUT2D eigenvalue weighted by molar-refractivity contribution is 5.77. The molecular weight excluding hydrogens is 326 g/mol. The van der Waals surface area contributed by atoms with Crippen LogP contribution in [0, 0.1) is 25.2 Å². The molecule has 1 N–H and O–H groups in total. The molecule has 2 heterocycles. The van der Waals surface area contributed by atoms with Gasteiger partial charge in [0.25, 0.3) is 5.56 Å². The van der Waals surface area contributed by atoms with E-state index in [9.17, 15) is 14.9 Å². The lowest BCUT2D eigenvalue weighted by atomic mass is 9.98. The zero-order valence-electron chi connectivity index (χ0n) is 15.2. The number of hydrogen-bond donors (Lipinski definition) is 1. The van der Waals surface area contributed by atoms with Crippen molar-refractivity contribution < 1.29 is 4.79 Å². The zero-order chi connectivity index (χ0) is 18.7. The van der Waals surface area contributed by atoms with E-state index >= 15 is 0 Å². The average molecular weight is 349 g/mol. The fraction of sp³-hybridized carbons (Fsp3) is 0.381. The van der Waals surface area contributed by atoms with Crippen molar-refractivity contribution in [2.24, 2.45) is 0 Å². The molecule has 1 aromatic heterocycles. The number of pyridine rings is 1. The molecule has 5 heteroatoms. The van der Waals surface area contributed by atoms with Crippen LogP contribution in [0.5, 0.6) is 0 Å². The first kappa shape index (κ1) is 17.9. The van der Waals surface area contributed by atoms with Crippen LogP contribution in [-0.2, 0) is 11.2 Å². The number of aromatic nitrogens is 1. The molecule has 1 atom stereocenters.